The van der Waals surface area contributed by atoms with Gasteiger partial charge in [-0.15, -0.1) is 0 Å². The van der Waals surface area contributed by atoms with Crippen LogP contribution < -0.4 is 0 Å². The van der Waals surface area contributed by atoms with Gasteiger partial charge in [0.2, 0.25) is 5.91 Å². The van der Waals surface area contributed by atoms with Gasteiger partial charge in [-0.05, 0) is 69.9 Å². The van der Waals surface area contributed by atoms with Crippen molar-refractivity contribution in [2.75, 3.05) is 6.54 Å². The van der Waals surface area contributed by atoms with E-state index in [0.717, 1.165) is 47.6 Å². The molecule has 1 atom stereocenters. The number of carbonyl (C=O) groups is 1. The van der Waals surface area contributed by atoms with E-state index in [9.17, 15) is 4.79 Å². The zero-order valence-electron chi connectivity index (χ0n) is 16.5. The van der Waals surface area contributed by atoms with Crippen LogP contribution in [0, 0.1) is 27.7 Å². The maximum absolute atomic E-state index is 12.9. The van der Waals surface area contributed by atoms with Crippen molar-refractivity contribution in [2.24, 2.45) is 0 Å². The highest BCUT2D eigenvalue weighted by molar-refractivity contribution is 5.79. The van der Waals surface area contributed by atoms with Crippen LogP contribution in [0.5, 0.6) is 0 Å². The fourth-order valence-electron chi connectivity index (χ4n) is 4.04. The lowest BCUT2D eigenvalue weighted by Gasteiger charge is -2.23. The Hall–Kier alpha value is -2.63. The van der Waals surface area contributed by atoms with Gasteiger partial charge >= 0.3 is 0 Å². The second-order valence-electron chi connectivity index (χ2n) is 7.72. The van der Waals surface area contributed by atoms with Crippen molar-refractivity contribution >= 4 is 16.9 Å². The molecule has 1 aromatic carbocycles. The molecule has 6 nitrogen and oxygen atoms in total. The number of amides is 1. The van der Waals surface area contributed by atoms with Gasteiger partial charge in [-0.1, -0.05) is 0 Å². The molecule has 0 unspecified atom stereocenters. The summed E-state index contributed by atoms with van der Waals surface area (Å²) in [4.78, 5) is 23.1. The van der Waals surface area contributed by atoms with E-state index in [4.69, 9.17) is 4.98 Å². The van der Waals surface area contributed by atoms with Gasteiger partial charge in [0.1, 0.15) is 5.82 Å². The number of fused-ring (bicyclic) bond motifs is 1. The van der Waals surface area contributed by atoms with Crippen LogP contribution in [0.1, 0.15) is 53.6 Å². The largest absolute Gasteiger partial charge is 0.340 e. The van der Waals surface area contributed by atoms with Crippen molar-refractivity contribution in [1.29, 1.82) is 0 Å². The lowest BCUT2D eigenvalue weighted by Crippen LogP contribution is -2.31. The summed E-state index contributed by atoms with van der Waals surface area (Å²) >= 11 is 0. The fourth-order valence-corrected chi connectivity index (χ4v) is 4.04. The third kappa shape index (κ3) is 3.36. The second-order valence-corrected chi connectivity index (χ2v) is 7.72. The molecule has 4 rings (SSSR count). The predicted molar refractivity (Wildman–Crippen MR) is 106 cm³/mol. The molecule has 0 radical (unpaired) electrons. The molecule has 1 saturated heterocycles. The van der Waals surface area contributed by atoms with E-state index in [0.29, 0.717) is 13.0 Å². The van der Waals surface area contributed by atoms with E-state index >= 15 is 0 Å². The first-order chi connectivity index (χ1) is 12.9. The Balaban J connectivity index is 1.51. The molecule has 1 aliphatic rings. The SMILES string of the molecule is Cc1cc(C)n(CCC(=O)N2CCC[C@H]2c2nc3cc(C)c(C)cc3[nH]2)n1. The predicted octanol–water partition coefficient (Wildman–Crippen LogP) is 3.75. The molecule has 0 saturated carbocycles. The second kappa shape index (κ2) is 6.83. The quantitative estimate of drug-likeness (QED) is 0.766. The standard InChI is InChI=1S/C21H27N5O/c1-13-10-17-18(11-14(13)2)23-21(22-17)19-6-5-8-25(19)20(27)7-9-26-16(4)12-15(3)24-26/h10-12,19H,5-9H2,1-4H3,(H,22,23)/t19-/m0/s1. The summed E-state index contributed by atoms with van der Waals surface area (Å²) in [5.41, 5.74) is 6.62. The topological polar surface area (TPSA) is 66.8 Å². The van der Waals surface area contributed by atoms with E-state index in [2.05, 4.69) is 36.1 Å². The van der Waals surface area contributed by atoms with Gasteiger partial charge in [-0.3, -0.25) is 9.48 Å². The summed E-state index contributed by atoms with van der Waals surface area (Å²) < 4.78 is 1.92. The van der Waals surface area contributed by atoms with Gasteiger partial charge in [0.25, 0.3) is 0 Å². The molecule has 3 heterocycles. The Kier molecular flexibility index (Phi) is 4.50. The van der Waals surface area contributed by atoms with E-state index in [-0.39, 0.29) is 11.9 Å². The minimum absolute atomic E-state index is 0.0472. The molecule has 1 aliphatic heterocycles. The van der Waals surface area contributed by atoms with E-state index in [1.807, 2.05) is 29.5 Å². The third-order valence-corrected chi connectivity index (χ3v) is 5.65. The zero-order chi connectivity index (χ0) is 19.1. The molecule has 0 aliphatic carbocycles. The maximum Gasteiger partial charge on any atom is 0.225 e. The van der Waals surface area contributed by atoms with Crippen LogP contribution in [-0.2, 0) is 11.3 Å². The van der Waals surface area contributed by atoms with Gasteiger partial charge in [-0.25, -0.2) is 4.98 Å². The molecule has 3 aromatic rings. The van der Waals surface area contributed by atoms with E-state index in [1.54, 1.807) is 0 Å². The van der Waals surface area contributed by atoms with Crippen LogP contribution in [0.25, 0.3) is 11.0 Å². The number of imidazole rings is 1. The van der Waals surface area contributed by atoms with Crippen LogP contribution in [0.4, 0.5) is 0 Å². The smallest absolute Gasteiger partial charge is 0.225 e. The first kappa shape index (κ1) is 17.8. The Labute approximate surface area is 159 Å². The number of aryl methyl sites for hydroxylation is 5. The first-order valence-corrected chi connectivity index (χ1v) is 9.70. The average Bonchev–Trinajstić information content (AvgIpc) is 3.31. The van der Waals surface area contributed by atoms with Gasteiger partial charge in [0.05, 0.1) is 22.8 Å². The first-order valence-electron chi connectivity index (χ1n) is 9.70. The number of hydrogen-bond donors (Lipinski definition) is 1. The average molecular weight is 365 g/mol. The van der Waals surface area contributed by atoms with E-state index < -0.39 is 0 Å². The van der Waals surface area contributed by atoms with E-state index in [1.165, 1.54) is 11.1 Å². The number of rotatable bonds is 4. The Morgan fingerprint density at radius 3 is 2.70 bits per heavy atom. The number of nitrogens with zero attached hydrogens (tertiary/aromatic N) is 4. The van der Waals surface area contributed by atoms with Crippen LogP contribution in [0.15, 0.2) is 18.2 Å². The maximum atomic E-state index is 12.9. The lowest BCUT2D eigenvalue weighted by molar-refractivity contribution is -0.132. The molecular weight excluding hydrogens is 338 g/mol. The highest BCUT2D eigenvalue weighted by Crippen LogP contribution is 2.32. The number of aromatic nitrogens is 4. The summed E-state index contributed by atoms with van der Waals surface area (Å²) in [6, 6.07) is 6.35. The molecule has 27 heavy (non-hydrogen) atoms. The zero-order valence-corrected chi connectivity index (χ0v) is 16.5. The number of H-pyrrole nitrogens is 1. The number of benzene rings is 1. The van der Waals surface area contributed by atoms with Gasteiger partial charge < -0.3 is 9.88 Å². The van der Waals surface area contributed by atoms with Crippen LogP contribution >= 0.6 is 0 Å². The monoisotopic (exact) mass is 365 g/mol. The fraction of sp³-hybridized carbons (Fsp3) is 0.476. The molecule has 2 aromatic heterocycles. The van der Waals surface area contributed by atoms with Crippen LogP contribution in [-0.4, -0.2) is 37.1 Å². The highest BCUT2D eigenvalue weighted by atomic mass is 16.2. The summed E-state index contributed by atoms with van der Waals surface area (Å²) in [5, 5.41) is 4.46. The summed E-state index contributed by atoms with van der Waals surface area (Å²) in [6.07, 6.45) is 2.45. The molecule has 1 fully saturated rings. The minimum atomic E-state index is 0.0472. The molecule has 142 valence electrons. The van der Waals surface area contributed by atoms with Crippen LogP contribution in [0.2, 0.25) is 0 Å². The minimum Gasteiger partial charge on any atom is -0.340 e. The number of aromatic amines is 1. The molecule has 6 heteroatoms. The van der Waals surface area contributed by atoms with Crippen molar-refractivity contribution in [1.82, 2.24) is 24.6 Å². The van der Waals surface area contributed by atoms with Crippen LogP contribution in [0.3, 0.4) is 0 Å². The lowest BCUT2D eigenvalue weighted by atomic mass is 10.1. The number of nitrogens with one attached hydrogen (secondary N) is 1. The van der Waals surface area contributed by atoms with Gasteiger partial charge in [0, 0.05) is 25.2 Å². The Morgan fingerprint density at radius 1 is 1.19 bits per heavy atom. The van der Waals surface area contributed by atoms with Crippen molar-refractivity contribution in [3.63, 3.8) is 0 Å². The summed E-state index contributed by atoms with van der Waals surface area (Å²) in [6.45, 7) is 9.65. The van der Waals surface area contributed by atoms with Crippen molar-refractivity contribution in [3.8, 4) is 0 Å². The molecular formula is C21H27N5O. The van der Waals surface area contributed by atoms with Crippen molar-refractivity contribution in [3.05, 3.63) is 46.5 Å². The summed E-state index contributed by atoms with van der Waals surface area (Å²) in [5.74, 6) is 1.09. The van der Waals surface area contributed by atoms with Gasteiger partial charge in [0.15, 0.2) is 0 Å². The van der Waals surface area contributed by atoms with Crippen molar-refractivity contribution in [2.45, 2.75) is 59.5 Å². The molecule has 1 amide bonds. The normalized spacial score (nSPS) is 17.2. The van der Waals surface area contributed by atoms with Crippen molar-refractivity contribution < 1.29 is 4.79 Å². The molecule has 1 N–H and O–H groups in total. The van der Waals surface area contributed by atoms with Gasteiger partial charge in [-0.2, -0.15) is 5.10 Å². The molecule has 0 spiro atoms. The number of carbonyl (C=O) groups excluding carboxylic acids is 1. The third-order valence-electron chi connectivity index (χ3n) is 5.65. The highest BCUT2D eigenvalue weighted by Gasteiger charge is 2.32. The Morgan fingerprint density at radius 2 is 1.96 bits per heavy atom. The summed E-state index contributed by atoms with van der Waals surface area (Å²) in [7, 11) is 0. The number of hydrogen-bond acceptors (Lipinski definition) is 3. The molecule has 0 bridgehead atoms. The Bertz CT molecular complexity index is 961. The number of likely N-dealkylation sites (tertiary alicyclic amines) is 1.